The number of para-hydroxylation sites is 1. The van der Waals surface area contributed by atoms with Gasteiger partial charge in [0, 0.05) is 29.7 Å². The fourth-order valence-corrected chi connectivity index (χ4v) is 2.66. The zero-order chi connectivity index (χ0) is 18.6. The Morgan fingerprint density at radius 1 is 0.852 bits per heavy atom. The Hall–Kier alpha value is -3.87. The summed E-state index contributed by atoms with van der Waals surface area (Å²) < 4.78 is 10.6. The van der Waals surface area contributed by atoms with E-state index in [9.17, 15) is 9.59 Å². The molecule has 2 aromatic carbocycles. The highest BCUT2D eigenvalue weighted by atomic mass is 16.7. The van der Waals surface area contributed by atoms with E-state index in [1.165, 1.54) is 12.4 Å². The van der Waals surface area contributed by atoms with Crippen molar-refractivity contribution in [1.82, 2.24) is 4.98 Å². The number of aromatic nitrogens is 1. The second kappa shape index (κ2) is 7.17. The molecule has 134 valence electrons. The summed E-state index contributed by atoms with van der Waals surface area (Å²) in [4.78, 5) is 29.0. The minimum Gasteiger partial charge on any atom is -0.454 e. The Morgan fingerprint density at radius 2 is 1.63 bits per heavy atom. The maximum Gasteiger partial charge on any atom is 0.257 e. The monoisotopic (exact) mass is 361 g/mol. The van der Waals surface area contributed by atoms with Gasteiger partial charge in [0.15, 0.2) is 11.5 Å². The van der Waals surface area contributed by atoms with Crippen LogP contribution in [0, 0.1) is 0 Å². The Kier molecular flexibility index (Phi) is 4.40. The van der Waals surface area contributed by atoms with Gasteiger partial charge in [0.1, 0.15) is 0 Å². The van der Waals surface area contributed by atoms with E-state index in [1.54, 1.807) is 54.6 Å². The van der Waals surface area contributed by atoms with Gasteiger partial charge in [-0.1, -0.05) is 12.1 Å². The van der Waals surface area contributed by atoms with Crippen molar-refractivity contribution in [2.45, 2.75) is 0 Å². The molecule has 1 aliphatic rings. The van der Waals surface area contributed by atoms with Crippen molar-refractivity contribution >= 4 is 23.2 Å². The largest absolute Gasteiger partial charge is 0.454 e. The summed E-state index contributed by atoms with van der Waals surface area (Å²) >= 11 is 0. The van der Waals surface area contributed by atoms with Crippen LogP contribution in [0.1, 0.15) is 20.7 Å². The first-order valence-electron chi connectivity index (χ1n) is 8.22. The van der Waals surface area contributed by atoms with Gasteiger partial charge in [-0.05, 0) is 36.4 Å². The lowest BCUT2D eigenvalue weighted by atomic mass is 10.1. The van der Waals surface area contributed by atoms with Crippen LogP contribution in [0.3, 0.4) is 0 Å². The van der Waals surface area contributed by atoms with Gasteiger partial charge in [0.05, 0.1) is 11.3 Å². The molecule has 0 saturated heterocycles. The van der Waals surface area contributed by atoms with E-state index in [1.807, 2.05) is 0 Å². The van der Waals surface area contributed by atoms with Crippen LogP contribution in [-0.2, 0) is 0 Å². The smallest absolute Gasteiger partial charge is 0.257 e. The Bertz CT molecular complexity index is 1010. The summed E-state index contributed by atoms with van der Waals surface area (Å²) in [5.41, 5.74) is 1.78. The second-order valence-corrected chi connectivity index (χ2v) is 5.76. The third-order valence-corrected chi connectivity index (χ3v) is 3.99. The maximum absolute atomic E-state index is 12.7. The summed E-state index contributed by atoms with van der Waals surface area (Å²) in [6, 6.07) is 15.2. The first-order chi connectivity index (χ1) is 13.2. The first-order valence-corrected chi connectivity index (χ1v) is 8.22. The molecule has 0 unspecified atom stereocenters. The lowest BCUT2D eigenvalue weighted by Crippen LogP contribution is -2.18. The standard InChI is InChI=1S/C20H15N3O4/c24-19(13-7-9-21-10-8-13)23-16-4-2-1-3-15(16)20(25)22-14-5-6-17-18(11-14)27-12-26-17/h1-11H,12H2,(H,22,25)(H,23,24). The second-order valence-electron chi connectivity index (χ2n) is 5.76. The third-order valence-electron chi connectivity index (χ3n) is 3.99. The summed E-state index contributed by atoms with van der Waals surface area (Å²) in [5, 5.41) is 5.57. The van der Waals surface area contributed by atoms with Gasteiger partial charge in [0.2, 0.25) is 6.79 Å². The molecule has 27 heavy (non-hydrogen) atoms. The van der Waals surface area contributed by atoms with Crippen molar-refractivity contribution in [2.75, 3.05) is 17.4 Å². The number of amides is 2. The fraction of sp³-hybridized carbons (Fsp3) is 0.0500. The van der Waals surface area contributed by atoms with E-state index in [-0.39, 0.29) is 18.6 Å². The highest BCUT2D eigenvalue weighted by Gasteiger charge is 2.17. The average Bonchev–Trinajstić information content (AvgIpc) is 3.17. The van der Waals surface area contributed by atoms with Crippen molar-refractivity contribution in [1.29, 1.82) is 0 Å². The SMILES string of the molecule is O=C(Nc1ccccc1C(=O)Nc1ccc2c(c1)OCO2)c1ccncc1. The van der Waals surface area contributed by atoms with E-state index < -0.39 is 0 Å². The van der Waals surface area contributed by atoms with Crippen molar-refractivity contribution < 1.29 is 19.1 Å². The molecule has 1 aromatic heterocycles. The van der Waals surface area contributed by atoms with Crippen LogP contribution < -0.4 is 20.1 Å². The van der Waals surface area contributed by atoms with Crippen LogP contribution in [-0.4, -0.2) is 23.6 Å². The van der Waals surface area contributed by atoms with Gasteiger partial charge in [0.25, 0.3) is 11.8 Å². The number of nitrogens with one attached hydrogen (secondary N) is 2. The molecule has 1 aliphatic heterocycles. The summed E-state index contributed by atoms with van der Waals surface area (Å²) in [5.74, 6) is 0.547. The number of benzene rings is 2. The van der Waals surface area contributed by atoms with E-state index in [0.29, 0.717) is 34.0 Å². The molecule has 0 fully saturated rings. The van der Waals surface area contributed by atoms with Crippen LogP contribution >= 0.6 is 0 Å². The number of hydrogen-bond donors (Lipinski definition) is 2. The van der Waals surface area contributed by atoms with Gasteiger partial charge in [-0.25, -0.2) is 0 Å². The lowest BCUT2D eigenvalue weighted by Gasteiger charge is -2.12. The van der Waals surface area contributed by atoms with Crippen LogP contribution in [0.2, 0.25) is 0 Å². The first kappa shape index (κ1) is 16.6. The Labute approximate surface area is 155 Å². The fourth-order valence-electron chi connectivity index (χ4n) is 2.66. The van der Waals surface area contributed by atoms with Gasteiger partial charge in [-0.15, -0.1) is 0 Å². The van der Waals surface area contributed by atoms with Crippen LogP contribution in [0.15, 0.2) is 67.0 Å². The molecule has 3 aromatic rings. The minimum absolute atomic E-state index is 0.163. The third kappa shape index (κ3) is 3.57. The van der Waals surface area contributed by atoms with Crippen LogP contribution in [0.25, 0.3) is 0 Å². The average molecular weight is 361 g/mol. The quantitative estimate of drug-likeness (QED) is 0.744. The molecule has 4 rings (SSSR count). The molecule has 0 aliphatic carbocycles. The summed E-state index contributed by atoms with van der Waals surface area (Å²) in [6.07, 6.45) is 3.07. The van der Waals surface area contributed by atoms with Crippen molar-refractivity contribution in [3.8, 4) is 11.5 Å². The molecule has 0 radical (unpaired) electrons. The predicted octanol–water partition coefficient (Wildman–Crippen LogP) is 3.31. The van der Waals surface area contributed by atoms with Crippen molar-refractivity contribution in [2.24, 2.45) is 0 Å². The van der Waals surface area contributed by atoms with Gasteiger partial charge in [-0.3, -0.25) is 14.6 Å². The van der Waals surface area contributed by atoms with Gasteiger partial charge < -0.3 is 20.1 Å². The van der Waals surface area contributed by atoms with Crippen LogP contribution in [0.4, 0.5) is 11.4 Å². The van der Waals surface area contributed by atoms with E-state index in [4.69, 9.17) is 9.47 Å². The van der Waals surface area contributed by atoms with Gasteiger partial charge in [-0.2, -0.15) is 0 Å². The molecular weight excluding hydrogens is 346 g/mol. The predicted molar refractivity (Wildman–Crippen MR) is 99.2 cm³/mol. The molecular formula is C20H15N3O4. The lowest BCUT2D eigenvalue weighted by molar-refractivity contribution is 0.102. The number of carbonyl (C=O) groups is 2. The minimum atomic E-state index is -0.348. The molecule has 2 N–H and O–H groups in total. The Balaban J connectivity index is 1.53. The highest BCUT2D eigenvalue weighted by molar-refractivity contribution is 6.12. The van der Waals surface area contributed by atoms with E-state index in [2.05, 4.69) is 15.6 Å². The number of nitrogens with zero attached hydrogens (tertiary/aromatic N) is 1. The maximum atomic E-state index is 12.7. The molecule has 0 saturated carbocycles. The van der Waals surface area contributed by atoms with Crippen molar-refractivity contribution in [3.05, 3.63) is 78.1 Å². The van der Waals surface area contributed by atoms with Crippen LogP contribution in [0.5, 0.6) is 11.5 Å². The molecule has 0 bridgehead atoms. The number of fused-ring (bicyclic) bond motifs is 1. The molecule has 2 heterocycles. The normalized spacial score (nSPS) is 11.7. The van der Waals surface area contributed by atoms with Crippen molar-refractivity contribution in [3.63, 3.8) is 0 Å². The van der Waals surface area contributed by atoms with E-state index in [0.717, 1.165) is 0 Å². The highest BCUT2D eigenvalue weighted by Crippen LogP contribution is 2.34. The molecule has 0 atom stereocenters. The summed E-state index contributed by atoms with van der Waals surface area (Å²) in [7, 11) is 0. The number of rotatable bonds is 4. The summed E-state index contributed by atoms with van der Waals surface area (Å²) in [6.45, 7) is 0.163. The van der Waals surface area contributed by atoms with E-state index >= 15 is 0 Å². The molecule has 7 nitrogen and oxygen atoms in total. The van der Waals surface area contributed by atoms with Gasteiger partial charge >= 0.3 is 0 Å². The Morgan fingerprint density at radius 3 is 2.48 bits per heavy atom. The number of pyridine rings is 1. The zero-order valence-electron chi connectivity index (χ0n) is 14.1. The number of anilines is 2. The number of hydrogen-bond acceptors (Lipinski definition) is 5. The molecule has 7 heteroatoms. The topological polar surface area (TPSA) is 89.6 Å². The zero-order valence-corrected chi connectivity index (χ0v) is 14.1. The molecule has 2 amide bonds. The molecule has 0 spiro atoms. The number of carbonyl (C=O) groups excluding carboxylic acids is 2. The number of ether oxygens (including phenoxy) is 2.